The minimum absolute atomic E-state index is 0. The molecule has 0 bridgehead atoms. The molecule has 172 valence electrons. The smallest absolute Gasteiger partial charge is 0.334 e. The average molecular weight is 472 g/mol. The minimum Gasteiger partial charge on any atom is -0.479 e. The maximum Gasteiger partial charge on any atom is 0.334 e. The second-order valence-electron chi connectivity index (χ2n) is 4.15. The van der Waals surface area contributed by atoms with Gasteiger partial charge in [-0.05, 0) is 0 Å². The Labute approximate surface area is 177 Å². The summed E-state index contributed by atoms with van der Waals surface area (Å²) < 4.78 is 0. The van der Waals surface area contributed by atoms with Crippen molar-refractivity contribution in [1.82, 2.24) is 0 Å². The number of aliphatic carboxylic acids is 4. The summed E-state index contributed by atoms with van der Waals surface area (Å²) in [5.74, 6) is -5.60. The number of carboxylic acid groups (broad SMARTS) is 4. The quantitative estimate of drug-likeness (QED) is 0.146. The molecular weight excluding hydrogens is 448 g/mol. The molecule has 4 atom stereocenters. The average Bonchev–Trinajstić information content (AvgIpc) is 2.66. The topological polar surface area (TPSA) is 311 Å². The molecule has 0 saturated heterocycles. The Hall–Kier alpha value is -1.73. The number of aliphatic hydroxyl groups excluding tert-OH is 8. The molecule has 0 aliphatic rings. The van der Waals surface area contributed by atoms with E-state index in [9.17, 15) is 19.2 Å². The van der Waals surface area contributed by atoms with Crippen molar-refractivity contribution in [1.29, 1.82) is 0 Å². The second kappa shape index (κ2) is 24.3. The first-order valence-corrected chi connectivity index (χ1v) is 6.80. The van der Waals surface area contributed by atoms with E-state index in [4.69, 9.17) is 61.3 Å². The molecule has 0 heterocycles. The van der Waals surface area contributed by atoms with Crippen LogP contribution in [0.3, 0.4) is 0 Å². The summed E-state index contributed by atoms with van der Waals surface area (Å²) in [4.78, 5) is 38.1. The van der Waals surface area contributed by atoms with E-state index >= 15 is 0 Å². The number of hydrogen-bond acceptors (Lipinski definition) is 12. The van der Waals surface area contributed by atoms with Crippen LogP contribution >= 0.6 is 0 Å². The predicted molar refractivity (Wildman–Crippen MR) is 82.9 cm³/mol. The third-order valence-corrected chi connectivity index (χ3v) is 1.83. The fourth-order valence-corrected chi connectivity index (χ4v) is 0.312. The Morgan fingerprint density at radius 2 is 0.552 bits per heavy atom. The van der Waals surface area contributed by atoms with Crippen molar-refractivity contribution in [3.05, 3.63) is 0 Å². The molecule has 0 aliphatic heterocycles. The summed E-state index contributed by atoms with van der Waals surface area (Å²) in [6, 6.07) is 0. The van der Waals surface area contributed by atoms with Gasteiger partial charge in [0.1, 0.15) is 0 Å². The summed E-state index contributed by atoms with van der Waals surface area (Å²) in [6.07, 6.45) is -6.50. The number of rotatable bonds is 8. The van der Waals surface area contributed by atoms with Crippen LogP contribution in [0.15, 0.2) is 0 Å². The van der Waals surface area contributed by atoms with Gasteiger partial charge in [-0.15, -0.1) is 0 Å². The second-order valence-corrected chi connectivity index (χ2v) is 4.15. The molecule has 0 aromatic rings. The van der Waals surface area contributed by atoms with Gasteiger partial charge < -0.3 is 61.3 Å². The fraction of sp³-hybridized carbons (Fsp3) is 0.667. The van der Waals surface area contributed by atoms with Crippen molar-refractivity contribution in [2.75, 3.05) is 26.4 Å². The SMILES string of the molecule is O=C(O)C(O)CO.O=C(O)C(O)CO.O=C(O)C(O)CO.O=C(O)C(O)CO.[Ti]. The molecule has 0 rings (SSSR count). The van der Waals surface area contributed by atoms with Gasteiger partial charge in [-0.1, -0.05) is 0 Å². The van der Waals surface area contributed by atoms with Crippen LogP contribution in [0, 0.1) is 0 Å². The van der Waals surface area contributed by atoms with Gasteiger partial charge in [-0.2, -0.15) is 0 Å². The van der Waals surface area contributed by atoms with Crippen LogP contribution in [0.5, 0.6) is 0 Å². The molecule has 4 unspecified atom stereocenters. The molecule has 0 aromatic carbocycles. The van der Waals surface area contributed by atoms with E-state index in [2.05, 4.69) is 0 Å². The van der Waals surface area contributed by atoms with Gasteiger partial charge in [-0.25, -0.2) is 19.2 Å². The molecule has 0 radical (unpaired) electrons. The van der Waals surface area contributed by atoms with E-state index in [1.54, 1.807) is 0 Å². The third kappa shape index (κ3) is 31.2. The fourth-order valence-electron chi connectivity index (χ4n) is 0.312. The van der Waals surface area contributed by atoms with Crippen molar-refractivity contribution in [3.8, 4) is 0 Å². The zero-order chi connectivity index (χ0) is 23.4. The maximum atomic E-state index is 9.52. The first-order valence-electron chi connectivity index (χ1n) is 6.80. The number of carboxylic acids is 4. The van der Waals surface area contributed by atoms with Crippen LogP contribution < -0.4 is 0 Å². The zero-order valence-corrected chi connectivity index (χ0v) is 16.2. The Morgan fingerprint density at radius 3 is 0.552 bits per heavy atom. The van der Waals surface area contributed by atoms with E-state index in [0.717, 1.165) is 0 Å². The van der Waals surface area contributed by atoms with Crippen molar-refractivity contribution in [2.45, 2.75) is 24.4 Å². The summed E-state index contributed by atoms with van der Waals surface area (Å²) in [6.45, 7) is -2.91. The number of aliphatic hydroxyl groups is 8. The molecule has 0 amide bonds. The standard InChI is InChI=1S/4C3H6O4.Ti/c4*4-1-2(5)3(6)7;/h4*2,4-5H,1H2,(H,6,7);. The van der Waals surface area contributed by atoms with E-state index in [1.165, 1.54) is 0 Å². The van der Waals surface area contributed by atoms with Crippen molar-refractivity contribution in [3.63, 3.8) is 0 Å². The first kappa shape index (κ1) is 37.9. The molecule has 0 aliphatic carbocycles. The summed E-state index contributed by atoms with van der Waals surface area (Å²) in [5, 5.41) is 94.9. The number of hydrogen-bond donors (Lipinski definition) is 12. The zero-order valence-electron chi connectivity index (χ0n) is 14.6. The van der Waals surface area contributed by atoms with Crippen LogP contribution in [-0.2, 0) is 40.9 Å². The Balaban J connectivity index is -0.0000000873. The summed E-state index contributed by atoms with van der Waals surface area (Å²) in [5.41, 5.74) is 0. The van der Waals surface area contributed by atoms with Gasteiger partial charge in [0, 0.05) is 21.7 Å². The molecule has 0 saturated carbocycles. The molecule has 12 N–H and O–H groups in total. The third-order valence-electron chi connectivity index (χ3n) is 1.83. The van der Waals surface area contributed by atoms with Gasteiger partial charge >= 0.3 is 23.9 Å². The van der Waals surface area contributed by atoms with Gasteiger partial charge in [0.2, 0.25) is 0 Å². The van der Waals surface area contributed by atoms with Crippen LogP contribution in [0.2, 0.25) is 0 Å². The number of carbonyl (C=O) groups is 4. The van der Waals surface area contributed by atoms with Gasteiger partial charge in [0.25, 0.3) is 0 Å². The van der Waals surface area contributed by atoms with Crippen molar-refractivity contribution >= 4 is 23.9 Å². The molecular formula is C12H24O16Ti. The normalized spacial score (nSPS) is 13.0. The van der Waals surface area contributed by atoms with E-state index in [-0.39, 0.29) is 21.7 Å². The molecule has 16 nitrogen and oxygen atoms in total. The summed E-state index contributed by atoms with van der Waals surface area (Å²) >= 11 is 0. The Morgan fingerprint density at radius 1 is 0.448 bits per heavy atom. The predicted octanol–water partition coefficient (Wildman–Crippen LogP) is -6.31. The van der Waals surface area contributed by atoms with Gasteiger partial charge in [0.05, 0.1) is 26.4 Å². The van der Waals surface area contributed by atoms with Crippen LogP contribution in [0.25, 0.3) is 0 Å². The Bertz CT molecular complexity index is 364. The first-order chi connectivity index (χ1) is 12.7. The van der Waals surface area contributed by atoms with Crippen LogP contribution in [0.1, 0.15) is 0 Å². The molecule has 0 fully saturated rings. The minimum atomic E-state index is -1.63. The van der Waals surface area contributed by atoms with E-state index in [0.29, 0.717) is 0 Å². The van der Waals surface area contributed by atoms with E-state index in [1.807, 2.05) is 0 Å². The molecule has 0 spiro atoms. The molecule has 0 aromatic heterocycles. The molecule has 17 heteroatoms. The van der Waals surface area contributed by atoms with Crippen molar-refractivity contribution < 1.29 is 102 Å². The summed E-state index contributed by atoms with van der Waals surface area (Å²) in [7, 11) is 0. The van der Waals surface area contributed by atoms with Crippen molar-refractivity contribution in [2.24, 2.45) is 0 Å². The largest absolute Gasteiger partial charge is 0.479 e. The van der Waals surface area contributed by atoms with Crippen LogP contribution in [0.4, 0.5) is 0 Å². The maximum absolute atomic E-state index is 9.52. The van der Waals surface area contributed by atoms with E-state index < -0.39 is 74.7 Å². The Kier molecular flexibility index (Phi) is 31.8. The monoisotopic (exact) mass is 472 g/mol. The van der Waals surface area contributed by atoms with Crippen LogP contribution in [-0.4, -0.2) is 136 Å². The van der Waals surface area contributed by atoms with Gasteiger partial charge in [0.15, 0.2) is 24.4 Å². The van der Waals surface area contributed by atoms with Gasteiger partial charge in [-0.3, -0.25) is 0 Å². The molecule has 29 heavy (non-hydrogen) atoms.